The summed E-state index contributed by atoms with van der Waals surface area (Å²) in [5.41, 5.74) is 0. The van der Waals surface area contributed by atoms with Gasteiger partial charge < -0.3 is 20.6 Å². The normalized spacial score (nSPS) is 14.2. The SMILES string of the molecule is CCCCCCCC/C=C\C/C=C\CC(O)C(=O)NC(CO)C(O)/C=C/CC/C=C/CCCCCCCCCCCCCCCCCC. The van der Waals surface area contributed by atoms with Gasteiger partial charge in [0, 0.05) is 6.42 Å². The number of unbranched alkanes of at least 4 members (excludes halogenated alkanes) is 23. The predicted octanol–water partition coefficient (Wildman–Crippen LogP) is 11.4. The Hall–Kier alpha value is -1.69. The number of aliphatic hydroxyl groups excluding tert-OH is 3. The van der Waals surface area contributed by atoms with Crippen molar-refractivity contribution in [2.24, 2.45) is 0 Å². The number of amides is 1. The number of carbonyl (C=O) groups excluding carboxylic acids is 1. The van der Waals surface area contributed by atoms with Crippen LogP contribution in [-0.2, 0) is 4.79 Å². The minimum absolute atomic E-state index is 0.201. The summed E-state index contributed by atoms with van der Waals surface area (Å²) in [6.07, 6.45) is 48.8. The van der Waals surface area contributed by atoms with E-state index in [1.807, 2.05) is 12.2 Å². The summed E-state index contributed by atoms with van der Waals surface area (Å²) in [4.78, 5) is 12.4. The van der Waals surface area contributed by atoms with Crippen molar-refractivity contribution >= 4 is 5.91 Å². The lowest BCUT2D eigenvalue weighted by atomic mass is 10.0. The first-order valence-electron chi connectivity index (χ1n) is 20.5. The Bertz CT molecular complexity index is 790. The summed E-state index contributed by atoms with van der Waals surface area (Å²) in [5, 5.41) is 32.9. The lowest BCUT2D eigenvalue weighted by Crippen LogP contribution is -2.48. The molecule has 280 valence electrons. The van der Waals surface area contributed by atoms with Crippen molar-refractivity contribution < 1.29 is 20.1 Å². The molecule has 3 atom stereocenters. The molecule has 0 saturated carbocycles. The summed E-state index contributed by atoms with van der Waals surface area (Å²) in [6, 6.07) is -0.845. The standard InChI is InChI=1S/C43H79NO4/c1-3-5-7-9-11-13-15-17-18-19-20-21-22-23-24-25-26-28-29-31-33-35-37-41(46)40(39-45)44-43(48)42(47)38-36-34-32-30-27-16-14-12-10-8-6-4-2/h27-30,34-37,40-42,45-47H,3-26,31-33,38-39H2,1-2H3,(H,44,48)/b29-28+,30-27-,36-34-,37-35+. The van der Waals surface area contributed by atoms with E-state index in [4.69, 9.17) is 0 Å². The predicted molar refractivity (Wildman–Crippen MR) is 208 cm³/mol. The van der Waals surface area contributed by atoms with E-state index in [1.165, 1.54) is 141 Å². The molecule has 0 radical (unpaired) electrons. The highest BCUT2D eigenvalue weighted by Crippen LogP contribution is 2.14. The third kappa shape index (κ3) is 32.8. The second-order valence-electron chi connectivity index (χ2n) is 13.8. The quantitative estimate of drug-likeness (QED) is 0.0393. The van der Waals surface area contributed by atoms with Crippen LogP contribution in [0.4, 0.5) is 0 Å². The molecule has 48 heavy (non-hydrogen) atoms. The summed E-state index contributed by atoms with van der Waals surface area (Å²) in [5.74, 6) is -0.582. The maximum absolute atomic E-state index is 12.4. The Morgan fingerprint density at radius 1 is 0.521 bits per heavy atom. The largest absolute Gasteiger partial charge is 0.394 e. The fourth-order valence-electron chi connectivity index (χ4n) is 5.89. The molecule has 0 aliphatic rings. The Balaban J connectivity index is 3.79. The van der Waals surface area contributed by atoms with Gasteiger partial charge in [-0.2, -0.15) is 0 Å². The molecule has 1 amide bonds. The fourth-order valence-corrected chi connectivity index (χ4v) is 5.89. The average Bonchev–Trinajstić information content (AvgIpc) is 3.09. The Kier molecular flexibility index (Phi) is 36.8. The summed E-state index contributed by atoms with van der Waals surface area (Å²) in [7, 11) is 0. The number of allylic oxidation sites excluding steroid dienone is 6. The number of aliphatic hydroxyl groups is 3. The number of carbonyl (C=O) groups is 1. The molecule has 5 heteroatoms. The van der Waals surface area contributed by atoms with Gasteiger partial charge in [0.25, 0.3) is 0 Å². The van der Waals surface area contributed by atoms with E-state index < -0.39 is 30.8 Å². The molecule has 0 aromatic carbocycles. The average molecular weight is 674 g/mol. The maximum Gasteiger partial charge on any atom is 0.249 e. The van der Waals surface area contributed by atoms with Crippen LogP contribution in [0, 0.1) is 0 Å². The van der Waals surface area contributed by atoms with E-state index in [1.54, 1.807) is 12.2 Å². The molecule has 0 aliphatic carbocycles. The monoisotopic (exact) mass is 674 g/mol. The van der Waals surface area contributed by atoms with Crippen LogP contribution in [0.3, 0.4) is 0 Å². The molecule has 0 aliphatic heterocycles. The fraction of sp³-hybridized carbons (Fsp3) is 0.791. The summed E-state index contributed by atoms with van der Waals surface area (Å²) >= 11 is 0. The zero-order valence-corrected chi connectivity index (χ0v) is 31.6. The number of hydrogen-bond acceptors (Lipinski definition) is 4. The molecule has 0 aromatic rings. The van der Waals surface area contributed by atoms with Gasteiger partial charge >= 0.3 is 0 Å². The van der Waals surface area contributed by atoms with Crippen LogP contribution in [0.5, 0.6) is 0 Å². The third-order valence-corrected chi connectivity index (χ3v) is 9.15. The van der Waals surface area contributed by atoms with Crippen molar-refractivity contribution in [3.05, 3.63) is 48.6 Å². The lowest BCUT2D eigenvalue weighted by molar-refractivity contribution is -0.131. The molecule has 4 N–H and O–H groups in total. The molecular formula is C43H79NO4. The topological polar surface area (TPSA) is 89.8 Å². The first-order chi connectivity index (χ1) is 23.6. The molecule has 0 spiro atoms. The van der Waals surface area contributed by atoms with E-state index in [0.717, 1.165) is 32.1 Å². The van der Waals surface area contributed by atoms with E-state index >= 15 is 0 Å². The van der Waals surface area contributed by atoms with Gasteiger partial charge in [0.1, 0.15) is 6.10 Å². The number of hydrogen-bond donors (Lipinski definition) is 4. The Morgan fingerprint density at radius 3 is 1.40 bits per heavy atom. The zero-order chi connectivity index (χ0) is 35.2. The Labute approximate surface area is 297 Å². The molecule has 5 nitrogen and oxygen atoms in total. The van der Waals surface area contributed by atoms with Gasteiger partial charge in [-0.3, -0.25) is 4.79 Å². The van der Waals surface area contributed by atoms with Crippen molar-refractivity contribution in [1.29, 1.82) is 0 Å². The first-order valence-corrected chi connectivity index (χ1v) is 20.5. The molecule has 0 rings (SSSR count). The molecule has 0 aromatic heterocycles. The van der Waals surface area contributed by atoms with Gasteiger partial charge in [-0.25, -0.2) is 0 Å². The van der Waals surface area contributed by atoms with Crippen LogP contribution in [0.25, 0.3) is 0 Å². The number of nitrogens with one attached hydrogen (secondary N) is 1. The highest BCUT2D eigenvalue weighted by Gasteiger charge is 2.22. The molecule has 0 heterocycles. The van der Waals surface area contributed by atoms with Crippen LogP contribution in [-0.4, -0.2) is 46.1 Å². The second kappa shape index (κ2) is 38.1. The van der Waals surface area contributed by atoms with Gasteiger partial charge in [0.15, 0.2) is 0 Å². The Morgan fingerprint density at radius 2 is 0.917 bits per heavy atom. The van der Waals surface area contributed by atoms with E-state index in [2.05, 4.69) is 43.5 Å². The van der Waals surface area contributed by atoms with Gasteiger partial charge in [-0.15, -0.1) is 0 Å². The highest BCUT2D eigenvalue weighted by molar-refractivity contribution is 5.81. The highest BCUT2D eigenvalue weighted by atomic mass is 16.3. The summed E-state index contributed by atoms with van der Waals surface area (Å²) in [6.45, 7) is 4.12. The van der Waals surface area contributed by atoms with Crippen LogP contribution in [0.2, 0.25) is 0 Å². The van der Waals surface area contributed by atoms with Crippen molar-refractivity contribution in [3.8, 4) is 0 Å². The van der Waals surface area contributed by atoms with Crippen molar-refractivity contribution in [2.45, 2.75) is 212 Å². The summed E-state index contributed by atoms with van der Waals surface area (Å²) < 4.78 is 0. The van der Waals surface area contributed by atoms with Crippen LogP contribution >= 0.6 is 0 Å². The van der Waals surface area contributed by atoms with E-state index in [-0.39, 0.29) is 6.42 Å². The molecular weight excluding hydrogens is 594 g/mol. The smallest absolute Gasteiger partial charge is 0.249 e. The molecule has 0 saturated heterocycles. The van der Waals surface area contributed by atoms with Gasteiger partial charge in [0.05, 0.1) is 18.8 Å². The zero-order valence-electron chi connectivity index (χ0n) is 31.6. The van der Waals surface area contributed by atoms with Gasteiger partial charge in [-0.1, -0.05) is 191 Å². The third-order valence-electron chi connectivity index (χ3n) is 9.15. The van der Waals surface area contributed by atoms with Crippen molar-refractivity contribution in [2.75, 3.05) is 6.61 Å². The van der Waals surface area contributed by atoms with Crippen molar-refractivity contribution in [1.82, 2.24) is 5.32 Å². The molecule has 3 unspecified atom stereocenters. The van der Waals surface area contributed by atoms with E-state index in [0.29, 0.717) is 0 Å². The van der Waals surface area contributed by atoms with Gasteiger partial charge in [0.2, 0.25) is 5.91 Å². The lowest BCUT2D eigenvalue weighted by Gasteiger charge is -2.21. The first kappa shape index (κ1) is 46.3. The van der Waals surface area contributed by atoms with Crippen LogP contribution in [0.15, 0.2) is 48.6 Å². The maximum atomic E-state index is 12.4. The van der Waals surface area contributed by atoms with E-state index in [9.17, 15) is 20.1 Å². The minimum atomic E-state index is -1.21. The molecule has 0 bridgehead atoms. The second-order valence-corrected chi connectivity index (χ2v) is 13.8. The minimum Gasteiger partial charge on any atom is -0.394 e. The van der Waals surface area contributed by atoms with Crippen LogP contribution in [0.1, 0.15) is 194 Å². The molecule has 0 fully saturated rings. The number of rotatable bonds is 36. The van der Waals surface area contributed by atoms with Crippen LogP contribution < -0.4 is 5.32 Å². The van der Waals surface area contributed by atoms with Crippen molar-refractivity contribution in [3.63, 3.8) is 0 Å². The van der Waals surface area contributed by atoms with Gasteiger partial charge in [-0.05, 0) is 44.9 Å².